The van der Waals surface area contributed by atoms with E-state index < -0.39 is 0 Å². The van der Waals surface area contributed by atoms with Crippen molar-refractivity contribution in [3.05, 3.63) is 0 Å². The molecule has 0 radical (unpaired) electrons. The van der Waals surface area contributed by atoms with E-state index in [0.29, 0.717) is 11.8 Å². The molecule has 0 heterocycles. The summed E-state index contributed by atoms with van der Waals surface area (Å²) in [5.74, 6) is 2.64. The Bertz CT molecular complexity index is 153. The van der Waals surface area contributed by atoms with E-state index in [-0.39, 0.29) is 6.10 Å². The van der Waals surface area contributed by atoms with Gasteiger partial charge in [-0.2, -0.15) is 0 Å². The van der Waals surface area contributed by atoms with Crippen LogP contribution in [0.1, 0.15) is 47.0 Å². The molecule has 0 aromatic heterocycles. The van der Waals surface area contributed by atoms with Gasteiger partial charge in [-0.3, -0.25) is 0 Å². The predicted octanol–water partition coefficient (Wildman–Crippen LogP) is 3.08. The Kier molecular flexibility index (Phi) is 3.78. The van der Waals surface area contributed by atoms with Crippen LogP contribution >= 0.6 is 0 Å². The smallest absolute Gasteiger partial charge is 0.0591 e. The Morgan fingerprint density at radius 1 is 1.08 bits per heavy atom. The molecule has 1 aliphatic rings. The second-order valence-electron chi connectivity index (χ2n) is 5.26. The van der Waals surface area contributed by atoms with Crippen molar-refractivity contribution in [2.75, 3.05) is 0 Å². The molecule has 1 N–H and O–H groups in total. The lowest BCUT2D eigenvalue weighted by Gasteiger charge is -2.36. The lowest BCUT2D eigenvalue weighted by molar-refractivity contribution is 0.0250. The van der Waals surface area contributed by atoms with Gasteiger partial charge in [-0.15, -0.1) is 0 Å². The SMILES string of the molecule is CC(C)C(O)C1CCC(C)C(C)C1. The monoisotopic (exact) mass is 184 g/mol. The van der Waals surface area contributed by atoms with E-state index in [4.69, 9.17) is 0 Å². The molecule has 4 unspecified atom stereocenters. The van der Waals surface area contributed by atoms with Crippen LogP contribution in [-0.4, -0.2) is 11.2 Å². The first kappa shape index (κ1) is 11.0. The lowest BCUT2D eigenvalue weighted by Crippen LogP contribution is -2.32. The molecule has 1 aliphatic carbocycles. The fraction of sp³-hybridized carbons (Fsp3) is 1.00. The fourth-order valence-corrected chi connectivity index (χ4v) is 2.44. The van der Waals surface area contributed by atoms with Crippen molar-refractivity contribution in [1.82, 2.24) is 0 Å². The van der Waals surface area contributed by atoms with Gasteiger partial charge in [0.05, 0.1) is 6.10 Å². The standard InChI is InChI=1S/C12H24O/c1-8(2)12(13)11-6-5-9(3)10(4)7-11/h8-13H,5-7H2,1-4H3. The molecule has 78 valence electrons. The van der Waals surface area contributed by atoms with E-state index >= 15 is 0 Å². The normalized spacial score (nSPS) is 37.8. The highest BCUT2D eigenvalue weighted by atomic mass is 16.3. The van der Waals surface area contributed by atoms with Crippen LogP contribution < -0.4 is 0 Å². The third-order valence-electron chi connectivity index (χ3n) is 3.80. The first-order valence-electron chi connectivity index (χ1n) is 5.70. The van der Waals surface area contributed by atoms with Crippen molar-refractivity contribution in [1.29, 1.82) is 0 Å². The van der Waals surface area contributed by atoms with Gasteiger partial charge < -0.3 is 5.11 Å². The number of aliphatic hydroxyl groups excluding tert-OH is 1. The molecule has 1 nitrogen and oxygen atoms in total. The average molecular weight is 184 g/mol. The van der Waals surface area contributed by atoms with Gasteiger partial charge in [-0.1, -0.05) is 34.1 Å². The summed E-state index contributed by atoms with van der Waals surface area (Å²) in [5, 5.41) is 9.96. The van der Waals surface area contributed by atoms with Gasteiger partial charge in [-0.05, 0) is 36.5 Å². The molecule has 1 saturated carbocycles. The van der Waals surface area contributed by atoms with E-state index in [9.17, 15) is 5.11 Å². The van der Waals surface area contributed by atoms with E-state index in [1.807, 2.05) is 0 Å². The van der Waals surface area contributed by atoms with Crippen molar-refractivity contribution >= 4 is 0 Å². The van der Waals surface area contributed by atoms with E-state index in [1.54, 1.807) is 0 Å². The summed E-state index contributed by atoms with van der Waals surface area (Å²) in [7, 11) is 0. The highest BCUT2D eigenvalue weighted by Gasteiger charge is 2.30. The van der Waals surface area contributed by atoms with Gasteiger partial charge in [0, 0.05) is 0 Å². The number of rotatable bonds is 2. The van der Waals surface area contributed by atoms with Crippen LogP contribution in [0, 0.1) is 23.7 Å². The number of aliphatic hydroxyl groups is 1. The zero-order chi connectivity index (χ0) is 10.0. The molecular weight excluding hydrogens is 160 g/mol. The van der Waals surface area contributed by atoms with Gasteiger partial charge >= 0.3 is 0 Å². The summed E-state index contributed by atoms with van der Waals surface area (Å²) in [4.78, 5) is 0. The molecular formula is C12H24O. The van der Waals surface area contributed by atoms with Crippen LogP contribution in [0.5, 0.6) is 0 Å². The second-order valence-corrected chi connectivity index (χ2v) is 5.26. The Morgan fingerprint density at radius 2 is 1.69 bits per heavy atom. The van der Waals surface area contributed by atoms with Crippen LogP contribution in [0.3, 0.4) is 0 Å². The zero-order valence-corrected chi connectivity index (χ0v) is 9.46. The molecule has 0 amide bonds. The summed E-state index contributed by atoms with van der Waals surface area (Å²) < 4.78 is 0. The summed E-state index contributed by atoms with van der Waals surface area (Å²) in [6.07, 6.45) is 3.68. The third-order valence-corrected chi connectivity index (χ3v) is 3.80. The van der Waals surface area contributed by atoms with Crippen molar-refractivity contribution in [3.63, 3.8) is 0 Å². The largest absolute Gasteiger partial charge is 0.393 e. The van der Waals surface area contributed by atoms with Crippen LogP contribution in [0.15, 0.2) is 0 Å². The van der Waals surface area contributed by atoms with Crippen LogP contribution in [0.4, 0.5) is 0 Å². The first-order chi connectivity index (χ1) is 6.02. The molecule has 0 spiro atoms. The Balaban J connectivity index is 2.45. The first-order valence-corrected chi connectivity index (χ1v) is 5.70. The van der Waals surface area contributed by atoms with E-state index in [0.717, 1.165) is 11.8 Å². The van der Waals surface area contributed by atoms with Crippen molar-refractivity contribution in [2.24, 2.45) is 23.7 Å². The van der Waals surface area contributed by atoms with Gasteiger partial charge in [0.25, 0.3) is 0 Å². The van der Waals surface area contributed by atoms with Gasteiger partial charge in [0.1, 0.15) is 0 Å². The third kappa shape index (κ3) is 2.70. The minimum absolute atomic E-state index is 0.0741. The molecule has 0 bridgehead atoms. The van der Waals surface area contributed by atoms with Crippen molar-refractivity contribution in [3.8, 4) is 0 Å². The predicted molar refractivity (Wildman–Crippen MR) is 56.5 cm³/mol. The minimum Gasteiger partial charge on any atom is -0.393 e. The Morgan fingerprint density at radius 3 is 2.15 bits per heavy atom. The van der Waals surface area contributed by atoms with Crippen molar-refractivity contribution in [2.45, 2.75) is 53.1 Å². The van der Waals surface area contributed by atoms with Crippen molar-refractivity contribution < 1.29 is 5.11 Å². The molecule has 0 aromatic carbocycles. The van der Waals surface area contributed by atoms with Crippen LogP contribution in [0.2, 0.25) is 0 Å². The number of hydrogen-bond donors (Lipinski definition) is 1. The lowest BCUT2D eigenvalue weighted by atomic mass is 9.72. The Hall–Kier alpha value is -0.0400. The second kappa shape index (κ2) is 4.45. The van der Waals surface area contributed by atoms with Gasteiger partial charge in [-0.25, -0.2) is 0 Å². The summed E-state index contributed by atoms with van der Waals surface area (Å²) >= 11 is 0. The highest BCUT2D eigenvalue weighted by Crippen LogP contribution is 2.36. The summed E-state index contributed by atoms with van der Waals surface area (Å²) in [5.41, 5.74) is 0. The van der Waals surface area contributed by atoms with E-state index in [1.165, 1.54) is 19.3 Å². The maximum absolute atomic E-state index is 9.96. The fourth-order valence-electron chi connectivity index (χ4n) is 2.44. The van der Waals surface area contributed by atoms with Gasteiger partial charge in [0.15, 0.2) is 0 Å². The molecule has 0 saturated heterocycles. The maximum atomic E-state index is 9.96. The Labute approximate surface area is 82.5 Å². The summed E-state index contributed by atoms with van der Waals surface area (Å²) in [6.45, 7) is 8.90. The summed E-state index contributed by atoms with van der Waals surface area (Å²) in [6, 6.07) is 0. The molecule has 1 rings (SSSR count). The maximum Gasteiger partial charge on any atom is 0.0591 e. The molecule has 0 aromatic rings. The molecule has 4 atom stereocenters. The molecule has 1 heteroatoms. The highest BCUT2D eigenvalue weighted by molar-refractivity contribution is 4.80. The average Bonchev–Trinajstić information content (AvgIpc) is 2.08. The zero-order valence-electron chi connectivity index (χ0n) is 9.46. The molecule has 1 fully saturated rings. The minimum atomic E-state index is -0.0741. The van der Waals surface area contributed by atoms with Crippen LogP contribution in [0.25, 0.3) is 0 Å². The number of hydrogen-bond acceptors (Lipinski definition) is 1. The topological polar surface area (TPSA) is 20.2 Å². The van der Waals surface area contributed by atoms with E-state index in [2.05, 4.69) is 27.7 Å². The van der Waals surface area contributed by atoms with Gasteiger partial charge in [0.2, 0.25) is 0 Å². The van der Waals surface area contributed by atoms with Crippen LogP contribution in [-0.2, 0) is 0 Å². The molecule has 0 aliphatic heterocycles. The molecule has 13 heavy (non-hydrogen) atoms. The quantitative estimate of drug-likeness (QED) is 0.699.